The van der Waals surface area contributed by atoms with Crippen LogP contribution in [0.15, 0.2) is 53.5 Å². The van der Waals surface area contributed by atoms with Crippen molar-refractivity contribution in [2.45, 2.75) is 12.8 Å². The number of methoxy groups -OCH3 is 1. The molecule has 1 N–H and O–H groups in total. The zero-order valence-electron chi connectivity index (χ0n) is 15.3. The van der Waals surface area contributed by atoms with E-state index in [0.29, 0.717) is 30.3 Å². The summed E-state index contributed by atoms with van der Waals surface area (Å²) in [6, 6.07) is 12.4. The van der Waals surface area contributed by atoms with Crippen molar-refractivity contribution in [3.05, 3.63) is 59.0 Å². The van der Waals surface area contributed by atoms with Crippen molar-refractivity contribution in [3.8, 4) is 11.5 Å². The molecule has 1 aromatic carbocycles. The monoisotopic (exact) mass is 367 g/mol. The molecule has 2 heterocycles. The van der Waals surface area contributed by atoms with Crippen LogP contribution in [0.1, 0.15) is 12.8 Å². The number of para-hydroxylation sites is 1. The van der Waals surface area contributed by atoms with Crippen LogP contribution in [0.3, 0.4) is 0 Å². The van der Waals surface area contributed by atoms with Gasteiger partial charge < -0.3 is 19.4 Å². The van der Waals surface area contributed by atoms with Crippen LogP contribution in [0.4, 0.5) is 5.82 Å². The number of nitrogens with zero attached hydrogens (tertiary/aromatic N) is 2. The van der Waals surface area contributed by atoms with E-state index in [9.17, 15) is 9.59 Å². The zero-order chi connectivity index (χ0) is 19.2. The molecule has 0 aliphatic heterocycles. The fraction of sp³-hybridized carbons (Fsp3) is 0.250. The lowest BCUT2D eigenvalue weighted by atomic mass is 10.2. The fourth-order valence-electron chi connectivity index (χ4n) is 2.73. The number of ether oxygens (including phenoxy) is 2. The first kappa shape index (κ1) is 18.4. The van der Waals surface area contributed by atoms with Crippen LogP contribution >= 0.6 is 0 Å². The van der Waals surface area contributed by atoms with Gasteiger partial charge in [0.05, 0.1) is 19.2 Å². The fourth-order valence-corrected chi connectivity index (χ4v) is 2.73. The molecule has 0 saturated heterocycles. The quantitative estimate of drug-likeness (QED) is 0.649. The Morgan fingerprint density at radius 1 is 1.22 bits per heavy atom. The molecule has 0 aliphatic rings. The second kappa shape index (κ2) is 8.35. The van der Waals surface area contributed by atoms with Gasteiger partial charge in [-0.3, -0.25) is 9.59 Å². The van der Waals surface area contributed by atoms with Crippen LogP contribution in [-0.2, 0) is 11.8 Å². The molecule has 140 valence electrons. The van der Waals surface area contributed by atoms with Crippen LogP contribution in [0.5, 0.6) is 11.5 Å². The maximum Gasteiger partial charge on any atom is 0.254 e. The molecule has 1 amide bonds. The standard InChI is InChI=1S/C20H21N3O4/c1-23-16-7-4-3-6-15(16)17(13-20(23)25)27-11-5-8-19(24)22-18-12-14(26-2)9-10-21-18/h3-4,6-7,9-10,12-13H,5,8,11H2,1-2H3,(H,21,22,24). The Labute approximate surface area is 156 Å². The average Bonchev–Trinajstić information content (AvgIpc) is 2.69. The average molecular weight is 367 g/mol. The Morgan fingerprint density at radius 2 is 2.04 bits per heavy atom. The third kappa shape index (κ3) is 4.44. The van der Waals surface area contributed by atoms with Crippen LogP contribution in [-0.4, -0.2) is 29.2 Å². The summed E-state index contributed by atoms with van der Waals surface area (Å²) in [5.74, 6) is 1.44. The molecule has 0 fully saturated rings. The number of fused-ring (bicyclic) bond motifs is 1. The molecule has 0 aliphatic carbocycles. The third-order valence-corrected chi connectivity index (χ3v) is 4.16. The van der Waals surface area contributed by atoms with E-state index in [1.165, 1.54) is 6.07 Å². The second-order valence-corrected chi connectivity index (χ2v) is 6.00. The van der Waals surface area contributed by atoms with Gasteiger partial charge in [0.2, 0.25) is 5.91 Å². The highest BCUT2D eigenvalue weighted by molar-refractivity contribution is 5.89. The molecule has 0 saturated carbocycles. The number of anilines is 1. The van der Waals surface area contributed by atoms with E-state index >= 15 is 0 Å². The maximum absolute atomic E-state index is 12.1. The summed E-state index contributed by atoms with van der Waals surface area (Å²) in [5, 5.41) is 3.59. The minimum Gasteiger partial charge on any atom is -0.497 e. The summed E-state index contributed by atoms with van der Waals surface area (Å²) in [7, 11) is 3.28. The highest BCUT2D eigenvalue weighted by Crippen LogP contribution is 2.23. The summed E-state index contributed by atoms with van der Waals surface area (Å²) in [5.41, 5.74) is 0.674. The van der Waals surface area contributed by atoms with Crippen molar-refractivity contribution in [2.75, 3.05) is 19.0 Å². The summed E-state index contributed by atoms with van der Waals surface area (Å²) < 4.78 is 12.4. The first-order chi connectivity index (χ1) is 13.1. The lowest BCUT2D eigenvalue weighted by Gasteiger charge is -2.11. The van der Waals surface area contributed by atoms with Crippen molar-refractivity contribution < 1.29 is 14.3 Å². The molecular weight excluding hydrogens is 346 g/mol. The summed E-state index contributed by atoms with van der Waals surface area (Å²) in [4.78, 5) is 28.2. The number of benzene rings is 1. The normalized spacial score (nSPS) is 10.6. The van der Waals surface area contributed by atoms with E-state index < -0.39 is 0 Å². The lowest BCUT2D eigenvalue weighted by molar-refractivity contribution is -0.116. The number of carbonyl (C=O) groups is 1. The van der Waals surface area contributed by atoms with Gasteiger partial charge in [-0.25, -0.2) is 4.98 Å². The van der Waals surface area contributed by atoms with Gasteiger partial charge in [-0.2, -0.15) is 0 Å². The molecular formula is C20H21N3O4. The Bertz CT molecular complexity index is 1010. The smallest absolute Gasteiger partial charge is 0.254 e. The SMILES string of the molecule is COc1ccnc(NC(=O)CCCOc2cc(=O)n(C)c3ccccc23)c1. The Morgan fingerprint density at radius 3 is 2.85 bits per heavy atom. The minimum atomic E-state index is -0.159. The number of aryl methyl sites for hydroxylation is 1. The van der Waals surface area contributed by atoms with Gasteiger partial charge in [0, 0.05) is 37.2 Å². The molecule has 2 aromatic heterocycles. The molecule has 0 spiro atoms. The van der Waals surface area contributed by atoms with Crippen LogP contribution in [0.25, 0.3) is 10.9 Å². The van der Waals surface area contributed by atoms with Gasteiger partial charge in [-0.15, -0.1) is 0 Å². The van der Waals surface area contributed by atoms with Gasteiger partial charge in [0.15, 0.2) is 0 Å². The van der Waals surface area contributed by atoms with Crippen molar-refractivity contribution in [1.29, 1.82) is 0 Å². The molecule has 3 rings (SSSR count). The molecule has 3 aromatic rings. The number of carbonyl (C=O) groups excluding carboxylic acids is 1. The van der Waals surface area contributed by atoms with Crippen molar-refractivity contribution >= 4 is 22.6 Å². The minimum absolute atomic E-state index is 0.134. The number of hydrogen-bond acceptors (Lipinski definition) is 5. The second-order valence-electron chi connectivity index (χ2n) is 6.00. The lowest BCUT2D eigenvalue weighted by Crippen LogP contribution is -2.17. The Kier molecular flexibility index (Phi) is 5.71. The summed E-state index contributed by atoms with van der Waals surface area (Å²) in [6.45, 7) is 0.329. The van der Waals surface area contributed by atoms with E-state index in [0.717, 1.165) is 10.9 Å². The molecule has 7 nitrogen and oxygen atoms in total. The topological polar surface area (TPSA) is 82.5 Å². The number of pyridine rings is 2. The maximum atomic E-state index is 12.1. The molecule has 0 unspecified atom stereocenters. The van der Waals surface area contributed by atoms with Gasteiger partial charge >= 0.3 is 0 Å². The number of amides is 1. The first-order valence-corrected chi connectivity index (χ1v) is 8.60. The van der Waals surface area contributed by atoms with Crippen molar-refractivity contribution in [1.82, 2.24) is 9.55 Å². The summed E-state index contributed by atoms with van der Waals surface area (Å²) >= 11 is 0. The number of nitrogens with one attached hydrogen (secondary N) is 1. The van der Waals surface area contributed by atoms with E-state index in [-0.39, 0.29) is 17.9 Å². The van der Waals surface area contributed by atoms with E-state index in [1.54, 1.807) is 37.1 Å². The largest absolute Gasteiger partial charge is 0.497 e. The molecule has 27 heavy (non-hydrogen) atoms. The predicted molar refractivity (Wildman–Crippen MR) is 103 cm³/mol. The molecule has 7 heteroatoms. The molecule has 0 radical (unpaired) electrons. The predicted octanol–water partition coefficient (Wildman–Crippen LogP) is 2.74. The number of hydrogen-bond donors (Lipinski definition) is 1. The Hall–Kier alpha value is -3.35. The molecule has 0 atom stereocenters. The van der Waals surface area contributed by atoms with E-state index in [1.807, 2.05) is 24.3 Å². The highest BCUT2D eigenvalue weighted by Gasteiger charge is 2.08. The van der Waals surface area contributed by atoms with Gasteiger partial charge in [0.25, 0.3) is 5.56 Å². The highest BCUT2D eigenvalue weighted by atomic mass is 16.5. The first-order valence-electron chi connectivity index (χ1n) is 8.60. The molecule has 0 bridgehead atoms. The van der Waals surface area contributed by atoms with Gasteiger partial charge in [-0.1, -0.05) is 12.1 Å². The Balaban J connectivity index is 1.56. The number of aromatic nitrogens is 2. The van der Waals surface area contributed by atoms with Crippen LogP contribution in [0, 0.1) is 0 Å². The van der Waals surface area contributed by atoms with Crippen molar-refractivity contribution in [2.24, 2.45) is 7.05 Å². The zero-order valence-corrected chi connectivity index (χ0v) is 15.3. The van der Waals surface area contributed by atoms with Crippen molar-refractivity contribution in [3.63, 3.8) is 0 Å². The van der Waals surface area contributed by atoms with E-state index in [4.69, 9.17) is 9.47 Å². The van der Waals surface area contributed by atoms with Crippen LogP contribution < -0.4 is 20.3 Å². The third-order valence-electron chi connectivity index (χ3n) is 4.16. The van der Waals surface area contributed by atoms with Gasteiger partial charge in [0.1, 0.15) is 17.3 Å². The summed E-state index contributed by atoms with van der Waals surface area (Å²) in [6.07, 6.45) is 2.36. The van der Waals surface area contributed by atoms with E-state index in [2.05, 4.69) is 10.3 Å². The number of rotatable bonds is 7. The van der Waals surface area contributed by atoms with Gasteiger partial charge in [-0.05, 0) is 24.6 Å². The van der Waals surface area contributed by atoms with Crippen LogP contribution in [0.2, 0.25) is 0 Å².